The Hall–Kier alpha value is -3.72. The van der Waals surface area contributed by atoms with Crippen LogP contribution in [-0.2, 0) is 13.0 Å². The summed E-state index contributed by atoms with van der Waals surface area (Å²) in [7, 11) is 0. The molecule has 1 aliphatic carbocycles. The molecule has 0 unspecified atom stereocenters. The van der Waals surface area contributed by atoms with Crippen molar-refractivity contribution in [2.75, 3.05) is 11.9 Å². The van der Waals surface area contributed by atoms with Gasteiger partial charge >= 0.3 is 6.03 Å². The van der Waals surface area contributed by atoms with E-state index in [0.717, 1.165) is 53.7 Å². The summed E-state index contributed by atoms with van der Waals surface area (Å²) in [4.78, 5) is 21.8. The molecule has 2 N–H and O–H groups in total. The van der Waals surface area contributed by atoms with Gasteiger partial charge in [0.05, 0.1) is 11.2 Å². The molecule has 4 aromatic rings. The fourth-order valence-electron chi connectivity index (χ4n) is 4.08. The Morgan fingerprint density at radius 3 is 2.86 bits per heavy atom. The highest BCUT2D eigenvalue weighted by Crippen LogP contribution is 2.40. The molecular formula is C26H30N6O3. The first kappa shape index (κ1) is 23.0. The number of rotatable bonds is 9. The number of anilines is 1. The first-order valence-corrected chi connectivity index (χ1v) is 12.1. The van der Waals surface area contributed by atoms with Crippen molar-refractivity contribution >= 4 is 22.8 Å². The van der Waals surface area contributed by atoms with Crippen LogP contribution < -0.4 is 15.4 Å². The molecule has 35 heavy (non-hydrogen) atoms. The van der Waals surface area contributed by atoms with E-state index in [1.807, 2.05) is 24.3 Å². The molecule has 1 fully saturated rings. The van der Waals surface area contributed by atoms with Crippen molar-refractivity contribution in [3.8, 4) is 11.6 Å². The van der Waals surface area contributed by atoms with Gasteiger partial charge in [-0.2, -0.15) is 0 Å². The summed E-state index contributed by atoms with van der Waals surface area (Å²) in [5.74, 6) is 3.34. The van der Waals surface area contributed by atoms with E-state index in [-0.39, 0.29) is 6.03 Å². The summed E-state index contributed by atoms with van der Waals surface area (Å²) in [6.45, 7) is 7.93. The molecule has 182 valence electrons. The fraction of sp³-hybridized carbons (Fsp3) is 0.385. The number of hydrogen-bond donors (Lipinski definition) is 2. The third kappa shape index (κ3) is 5.19. The Labute approximate surface area is 203 Å². The van der Waals surface area contributed by atoms with Crippen molar-refractivity contribution in [1.29, 1.82) is 0 Å². The predicted octanol–water partition coefficient (Wildman–Crippen LogP) is 5.48. The normalized spacial score (nSPS) is 13.5. The average Bonchev–Trinajstić information content (AvgIpc) is 3.43. The molecule has 1 saturated carbocycles. The summed E-state index contributed by atoms with van der Waals surface area (Å²) >= 11 is 0. The topological polar surface area (TPSA) is 107 Å². The van der Waals surface area contributed by atoms with Gasteiger partial charge in [0.25, 0.3) is 0 Å². The Kier molecular flexibility index (Phi) is 6.50. The number of fused-ring (bicyclic) bond motifs is 1. The van der Waals surface area contributed by atoms with E-state index in [2.05, 4.69) is 46.5 Å². The van der Waals surface area contributed by atoms with Crippen LogP contribution in [0.2, 0.25) is 0 Å². The maximum absolute atomic E-state index is 12.8. The summed E-state index contributed by atoms with van der Waals surface area (Å²) in [6.07, 6.45) is 6.32. The number of amides is 1. The van der Waals surface area contributed by atoms with Gasteiger partial charge in [-0.3, -0.25) is 9.88 Å². The second-order valence-electron chi connectivity index (χ2n) is 9.31. The zero-order valence-electron chi connectivity index (χ0n) is 20.2. The quantitative estimate of drug-likeness (QED) is 0.331. The van der Waals surface area contributed by atoms with Crippen LogP contribution in [0, 0.1) is 5.92 Å². The smallest absolute Gasteiger partial charge is 0.331 e. The van der Waals surface area contributed by atoms with Crippen LogP contribution in [0.1, 0.15) is 56.5 Å². The van der Waals surface area contributed by atoms with E-state index in [1.54, 1.807) is 23.2 Å². The molecule has 0 radical (unpaired) electrons. The number of benzene rings is 1. The lowest BCUT2D eigenvalue weighted by atomic mass is 10.0. The Morgan fingerprint density at radius 1 is 1.23 bits per heavy atom. The van der Waals surface area contributed by atoms with Crippen LogP contribution in [-0.4, -0.2) is 32.3 Å². The summed E-state index contributed by atoms with van der Waals surface area (Å²) in [5.41, 5.74) is 2.73. The molecule has 0 aliphatic heterocycles. The average molecular weight is 475 g/mol. The molecule has 1 amide bonds. The van der Waals surface area contributed by atoms with Gasteiger partial charge in [0.2, 0.25) is 5.88 Å². The molecule has 0 atom stereocenters. The SMILES string of the molecule is CCNCc1ncnc(Oc2ccc3c(ccn3C(=O)Nc3cc(C4CC4)on3)c2)c1CC(C)C. The zero-order valence-corrected chi connectivity index (χ0v) is 20.2. The molecule has 5 rings (SSSR count). The number of nitrogens with zero attached hydrogens (tertiary/aromatic N) is 4. The van der Waals surface area contributed by atoms with Crippen molar-refractivity contribution in [3.63, 3.8) is 0 Å². The lowest BCUT2D eigenvalue weighted by Gasteiger charge is -2.15. The molecule has 0 spiro atoms. The Bertz CT molecular complexity index is 1340. The monoisotopic (exact) mass is 474 g/mol. The van der Waals surface area contributed by atoms with Gasteiger partial charge in [-0.1, -0.05) is 25.9 Å². The highest BCUT2D eigenvalue weighted by molar-refractivity contribution is 5.98. The molecule has 9 heteroatoms. The molecule has 3 heterocycles. The third-order valence-electron chi connectivity index (χ3n) is 5.99. The largest absolute Gasteiger partial charge is 0.439 e. The van der Waals surface area contributed by atoms with Crippen molar-refractivity contribution < 1.29 is 14.1 Å². The lowest BCUT2D eigenvalue weighted by molar-refractivity contribution is 0.254. The van der Waals surface area contributed by atoms with Crippen LogP contribution in [0.25, 0.3) is 10.9 Å². The van der Waals surface area contributed by atoms with Crippen LogP contribution in [0.3, 0.4) is 0 Å². The van der Waals surface area contributed by atoms with Gasteiger partial charge in [0.1, 0.15) is 17.8 Å². The standard InChI is InChI=1S/C26H30N6O3/c1-4-27-14-21-20(11-16(2)3)25(29-15-28-21)34-19-7-8-22-18(12-19)9-10-32(22)26(33)30-24-13-23(35-31-24)17-5-6-17/h7-10,12-13,15-17,27H,4-6,11,14H2,1-3H3,(H,30,31,33). The van der Waals surface area contributed by atoms with Gasteiger partial charge in [-0.15, -0.1) is 0 Å². The minimum Gasteiger partial charge on any atom is -0.439 e. The molecule has 1 aromatic carbocycles. The van der Waals surface area contributed by atoms with E-state index >= 15 is 0 Å². The maximum Gasteiger partial charge on any atom is 0.331 e. The van der Waals surface area contributed by atoms with Crippen LogP contribution in [0.15, 0.2) is 47.4 Å². The van der Waals surface area contributed by atoms with Crippen molar-refractivity contribution in [3.05, 3.63) is 59.9 Å². The summed E-state index contributed by atoms with van der Waals surface area (Å²) in [6, 6.07) is 9.00. The third-order valence-corrected chi connectivity index (χ3v) is 5.99. The molecular weight excluding hydrogens is 444 g/mol. The second-order valence-corrected chi connectivity index (χ2v) is 9.31. The predicted molar refractivity (Wildman–Crippen MR) is 133 cm³/mol. The van der Waals surface area contributed by atoms with Gasteiger partial charge in [-0.25, -0.2) is 14.8 Å². The molecule has 9 nitrogen and oxygen atoms in total. The Balaban J connectivity index is 1.35. The fourth-order valence-corrected chi connectivity index (χ4v) is 4.08. The molecule has 1 aliphatic rings. The van der Waals surface area contributed by atoms with Gasteiger partial charge in [0.15, 0.2) is 5.82 Å². The van der Waals surface area contributed by atoms with E-state index in [4.69, 9.17) is 9.26 Å². The number of nitrogens with one attached hydrogen (secondary N) is 2. The summed E-state index contributed by atoms with van der Waals surface area (Å²) < 4.78 is 13.1. The number of ether oxygens (including phenoxy) is 1. The van der Waals surface area contributed by atoms with Crippen LogP contribution in [0.5, 0.6) is 11.6 Å². The molecule has 0 bridgehead atoms. The number of aromatic nitrogens is 4. The van der Waals surface area contributed by atoms with Crippen LogP contribution in [0.4, 0.5) is 10.6 Å². The number of carbonyl (C=O) groups excluding carboxylic acids is 1. The van der Waals surface area contributed by atoms with Gasteiger partial charge in [-0.05, 0) is 56.0 Å². The Morgan fingerprint density at radius 2 is 2.09 bits per heavy atom. The number of hydrogen-bond acceptors (Lipinski definition) is 7. The van der Waals surface area contributed by atoms with Crippen molar-refractivity contribution in [1.82, 2.24) is 25.0 Å². The van der Waals surface area contributed by atoms with Crippen molar-refractivity contribution in [2.24, 2.45) is 5.92 Å². The first-order chi connectivity index (χ1) is 17.0. The van der Waals surface area contributed by atoms with E-state index in [0.29, 0.717) is 35.8 Å². The zero-order chi connectivity index (χ0) is 24.4. The number of carbonyl (C=O) groups is 1. The van der Waals surface area contributed by atoms with E-state index in [1.165, 1.54) is 0 Å². The maximum atomic E-state index is 12.8. The van der Waals surface area contributed by atoms with Crippen LogP contribution >= 0.6 is 0 Å². The second kappa shape index (κ2) is 9.87. The minimum absolute atomic E-state index is 0.299. The molecule has 0 saturated heterocycles. The van der Waals surface area contributed by atoms with Crippen molar-refractivity contribution in [2.45, 2.75) is 52.5 Å². The minimum atomic E-state index is -0.299. The van der Waals surface area contributed by atoms with Gasteiger partial charge in [0, 0.05) is 35.7 Å². The highest BCUT2D eigenvalue weighted by Gasteiger charge is 2.28. The lowest BCUT2D eigenvalue weighted by Crippen LogP contribution is -2.18. The molecule has 3 aromatic heterocycles. The first-order valence-electron chi connectivity index (χ1n) is 12.1. The summed E-state index contributed by atoms with van der Waals surface area (Å²) in [5, 5.41) is 11.0. The van der Waals surface area contributed by atoms with E-state index in [9.17, 15) is 4.79 Å². The van der Waals surface area contributed by atoms with E-state index < -0.39 is 0 Å². The highest BCUT2D eigenvalue weighted by atomic mass is 16.5. The van der Waals surface area contributed by atoms with Gasteiger partial charge < -0.3 is 14.6 Å².